The predicted molar refractivity (Wildman–Crippen MR) is 92.2 cm³/mol. The van der Waals surface area contributed by atoms with Gasteiger partial charge in [0, 0.05) is 14.9 Å². The Balaban J connectivity index is 1.61. The number of ketones is 1. The number of thioether (sulfide) groups is 1. The fourth-order valence-corrected chi connectivity index (χ4v) is 3.93. The van der Waals surface area contributed by atoms with Crippen molar-refractivity contribution < 1.29 is 4.79 Å². The summed E-state index contributed by atoms with van der Waals surface area (Å²) in [5.41, 5.74) is 2.20. The van der Waals surface area contributed by atoms with Crippen molar-refractivity contribution >= 4 is 33.5 Å². The lowest BCUT2D eigenvalue weighted by molar-refractivity contribution is 0.102. The first-order valence-corrected chi connectivity index (χ1v) is 9.02. The van der Waals surface area contributed by atoms with Gasteiger partial charge in [0.1, 0.15) is 0 Å². The van der Waals surface area contributed by atoms with E-state index in [1.165, 1.54) is 24.8 Å². The molecule has 3 rings (SSSR count). The summed E-state index contributed by atoms with van der Waals surface area (Å²) in [7, 11) is 0. The second kappa shape index (κ2) is 6.80. The second-order valence-corrected chi connectivity index (χ2v) is 7.26. The van der Waals surface area contributed by atoms with E-state index in [9.17, 15) is 4.79 Å². The Hall–Kier alpha value is -1.06. The third-order valence-corrected chi connectivity index (χ3v) is 6.03. The molecule has 0 amide bonds. The van der Waals surface area contributed by atoms with Crippen LogP contribution < -0.4 is 0 Å². The standard InChI is InChI=1S/C18H17BrOS/c19-16-6-1-2-7-18(16)21-12-17(20)15-10-8-14(9-11-15)13-4-3-5-13/h1-2,6-11,13H,3-5,12H2. The summed E-state index contributed by atoms with van der Waals surface area (Å²) < 4.78 is 1.04. The lowest BCUT2D eigenvalue weighted by atomic mass is 9.80. The van der Waals surface area contributed by atoms with Crippen molar-refractivity contribution in [2.24, 2.45) is 0 Å². The van der Waals surface area contributed by atoms with E-state index in [1.807, 2.05) is 36.4 Å². The Labute approximate surface area is 138 Å². The monoisotopic (exact) mass is 360 g/mol. The molecule has 0 heterocycles. The Kier molecular flexibility index (Phi) is 4.81. The van der Waals surface area contributed by atoms with E-state index < -0.39 is 0 Å². The van der Waals surface area contributed by atoms with Crippen molar-refractivity contribution in [3.05, 3.63) is 64.1 Å². The van der Waals surface area contributed by atoms with Crippen LogP contribution >= 0.6 is 27.7 Å². The zero-order valence-electron chi connectivity index (χ0n) is 11.7. The number of hydrogen-bond donors (Lipinski definition) is 0. The largest absolute Gasteiger partial charge is 0.293 e. The van der Waals surface area contributed by atoms with Gasteiger partial charge in [-0.3, -0.25) is 4.79 Å². The first-order chi connectivity index (χ1) is 10.2. The molecule has 0 bridgehead atoms. The lowest BCUT2D eigenvalue weighted by Crippen LogP contribution is -2.09. The molecule has 1 aliphatic rings. The minimum absolute atomic E-state index is 0.191. The molecule has 0 unspecified atom stereocenters. The first kappa shape index (κ1) is 14.9. The van der Waals surface area contributed by atoms with Crippen LogP contribution in [0.4, 0.5) is 0 Å². The SMILES string of the molecule is O=C(CSc1ccccc1Br)c1ccc(C2CCC2)cc1. The van der Waals surface area contributed by atoms with E-state index in [0.29, 0.717) is 5.75 Å². The van der Waals surface area contributed by atoms with Gasteiger partial charge >= 0.3 is 0 Å². The number of benzene rings is 2. The van der Waals surface area contributed by atoms with Gasteiger partial charge in [-0.05, 0) is 52.4 Å². The zero-order chi connectivity index (χ0) is 14.7. The molecule has 108 valence electrons. The second-order valence-electron chi connectivity index (χ2n) is 5.39. The van der Waals surface area contributed by atoms with E-state index >= 15 is 0 Å². The molecule has 0 atom stereocenters. The van der Waals surface area contributed by atoms with Crippen LogP contribution in [-0.4, -0.2) is 11.5 Å². The van der Waals surface area contributed by atoms with Crippen molar-refractivity contribution in [3.8, 4) is 0 Å². The highest BCUT2D eigenvalue weighted by atomic mass is 79.9. The lowest BCUT2D eigenvalue weighted by Gasteiger charge is -2.25. The van der Waals surface area contributed by atoms with Crippen LogP contribution in [-0.2, 0) is 0 Å². The highest BCUT2D eigenvalue weighted by molar-refractivity contribution is 9.10. The van der Waals surface area contributed by atoms with Crippen molar-refractivity contribution in [1.82, 2.24) is 0 Å². The quantitative estimate of drug-likeness (QED) is 0.503. The van der Waals surface area contributed by atoms with Gasteiger partial charge in [0.05, 0.1) is 5.75 Å². The fourth-order valence-electron chi connectivity index (χ4n) is 2.47. The van der Waals surface area contributed by atoms with Gasteiger partial charge in [-0.2, -0.15) is 0 Å². The smallest absolute Gasteiger partial charge is 0.173 e. The molecule has 0 saturated heterocycles. The highest BCUT2D eigenvalue weighted by Gasteiger charge is 2.19. The molecule has 2 aromatic carbocycles. The van der Waals surface area contributed by atoms with Gasteiger partial charge < -0.3 is 0 Å². The number of rotatable bonds is 5. The van der Waals surface area contributed by atoms with Crippen LogP contribution in [0.5, 0.6) is 0 Å². The predicted octanol–water partition coefficient (Wildman–Crippen LogP) is 5.69. The number of halogens is 1. The molecule has 3 heteroatoms. The Morgan fingerprint density at radius 1 is 1.10 bits per heavy atom. The van der Waals surface area contributed by atoms with Gasteiger partial charge in [0.15, 0.2) is 5.78 Å². The minimum atomic E-state index is 0.191. The molecule has 1 nitrogen and oxygen atoms in total. The average molecular weight is 361 g/mol. The van der Waals surface area contributed by atoms with Crippen molar-refractivity contribution in [2.45, 2.75) is 30.1 Å². The highest BCUT2D eigenvalue weighted by Crippen LogP contribution is 2.36. The maximum absolute atomic E-state index is 12.3. The molecule has 0 aromatic heterocycles. The summed E-state index contributed by atoms with van der Waals surface area (Å²) in [6.45, 7) is 0. The van der Waals surface area contributed by atoms with Crippen molar-refractivity contribution in [1.29, 1.82) is 0 Å². The van der Waals surface area contributed by atoms with E-state index in [4.69, 9.17) is 0 Å². The van der Waals surface area contributed by atoms with E-state index in [0.717, 1.165) is 20.8 Å². The molecule has 1 aliphatic carbocycles. The molecule has 0 N–H and O–H groups in total. The van der Waals surface area contributed by atoms with Gasteiger partial charge in [0.2, 0.25) is 0 Å². The maximum atomic E-state index is 12.3. The Bertz CT molecular complexity index is 632. The van der Waals surface area contributed by atoms with Crippen LogP contribution in [0.25, 0.3) is 0 Å². The summed E-state index contributed by atoms with van der Waals surface area (Å²) in [5, 5.41) is 0. The van der Waals surface area contributed by atoms with Crippen LogP contribution in [0.1, 0.15) is 41.1 Å². The van der Waals surface area contributed by atoms with Crippen molar-refractivity contribution in [2.75, 3.05) is 5.75 Å². The summed E-state index contributed by atoms with van der Waals surface area (Å²) in [4.78, 5) is 13.4. The summed E-state index contributed by atoms with van der Waals surface area (Å²) in [6, 6.07) is 16.2. The number of carbonyl (C=O) groups excluding carboxylic acids is 1. The summed E-state index contributed by atoms with van der Waals surface area (Å²) in [5.74, 6) is 1.39. The number of hydrogen-bond acceptors (Lipinski definition) is 2. The number of carbonyl (C=O) groups is 1. The molecule has 0 radical (unpaired) electrons. The molecule has 21 heavy (non-hydrogen) atoms. The topological polar surface area (TPSA) is 17.1 Å². The fraction of sp³-hybridized carbons (Fsp3) is 0.278. The maximum Gasteiger partial charge on any atom is 0.173 e. The number of Topliss-reactive ketones (excluding diaryl/α,β-unsaturated/α-hetero) is 1. The normalized spacial score (nSPS) is 14.7. The molecule has 1 saturated carbocycles. The molecule has 1 fully saturated rings. The van der Waals surface area contributed by atoms with Gasteiger partial charge in [-0.15, -0.1) is 11.8 Å². The Morgan fingerprint density at radius 2 is 1.81 bits per heavy atom. The van der Waals surface area contributed by atoms with E-state index in [2.05, 4.69) is 28.1 Å². The third-order valence-electron chi connectivity index (χ3n) is 4.00. The molecule has 0 spiro atoms. The van der Waals surface area contributed by atoms with Gasteiger partial charge in [-0.1, -0.05) is 42.8 Å². The van der Waals surface area contributed by atoms with Crippen molar-refractivity contribution in [3.63, 3.8) is 0 Å². The van der Waals surface area contributed by atoms with Crippen LogP contribution in [0, 0.1) is 0 Å². The van der Waals surface area contributed by atoms with Crippen LogP contribution in [0.15, 0.2) is 57.9 Å². The molecule has 0 aliphatic heterocycles. The van der Waals surface area contributed by atoms with Crippen LogP contribution in [0.3, 0.4) is 0 Å². The van der Waals surface area contributed by atoms with E-state index in [-0.39, 0.29) is 5.78 Å². The summed E-state index contributed by atoms with van der Waals surface area (Å²) in [6.07, 6.45) is 3.93. The Morgan fingerprint density at radius 3 is 2.43 bits per heavy atom. The molecular formula is C18H17BrOS. The molecule has 2 aromatic rings. The van der Waals surface area contributed by atoms with Gasteiger partial charge in [0.25, 0.3) is 0 Å². The molecular weight excluding hydrogens is 344 g/mol. The first-order valence-electron chi connectivity index (χ1n) is 7.24. The minimum Gasteiger partial charge on any atom is -0.293 e. The zero-order valence-corrected chi connectivity index (χ0v) is 14.1. The average Bonchev–Trinajstić information content (AvgIpc) is 2.45. The van der Waals surface area contributed by atoms with Crippen LogP contribution in [0.2, 0.25) is 0 Å². The van der Waals surface area contributed by atoms with E-state index in [1.54, 1.807) is 11.8 Å². The summed E-state index contributed by atoms with van der Waals surface area (Å²) >= 11 is 5.09. The third kappa shape index (κ3) is 3.58. The van der Waals surface area contributed by atoms with Gasteiger partial charge in [-0.25, -0.2) is 0 Å².